The first kappa shape index (κ1) is 15.1. The van der Waals surface area contributed by atoms with Gasteiger partial charge in [0.2, 0.25) is 5.89 Å². The van der Waals surface area contributed by atoms with E-state index in [9.17, 15) is 10.1 Å². The van der Waals surface area contributed by atoms with Gasteiger partial charge in [-0.1, -0.05) is 17.3 Å². The van der Waals surface area contributed by atoms with Crippen LogP contribution in [0.4, 0.5) is 5.69 Å². The van der Waals surface area contributed by atoms with E-state index in [1.165, 1.54) is 0 Å². The minimum atomic E-state index is -0.354. The second kappa shape index (κ2) is 6.45. The number of hydrogen-bond donors (Lipinski definition) is 1. The number of nitro benzene ring substituents is 1. The number of rotatable bonds is 6. The van der Waals surface area contributed by atoms with Gasteiger partial charge in [0.1, 0.15) is 0 Å². The lowest BCUT2D eigenvalue weighted by atomic mass is 10.0. The van der Waals surface area contributed by atoms with E-state index in [0.29, 0.717) is 30.2 Å². The van der Waals surface area contributed by atoms with E-state index >= 15 is 0 Å². The van der Waals surface area contributed by atoms with Crippen molar-refractivity contribution in [1.29, 1.82) is 0 Å². The molecule has 0 saturated heterocycles. The molecule has 2 aromatic rings. The molecule has 7 nitrogen and oxygen atoms in total. The van der Waals surface area contributed by atoms with Gasteiger partial charge in [-0.2, -0.15) is 4.98 Å². The van der Waals surface area contributed by atoms with Gasteiger partial charge in [-0.3, -0.25) is 10.1 Å². The zero-order valence-corrected chi connectivity index (χ0v) is 12.3. The predicted molar refractivity (Wildman–Crippen MR) is 77.0 cm³/mol. The zero-order chi connectivity index (χ0) is 15.4. The second-order valence-electron chi connectivity index (χ2n) is 4.96. The minimum Gasteiger partial charge on any atom is -0.339 e. The molecule has 112 valence electrons. The van der Waals surface area contributed by atoms with Crippen molar-refractivity contribution in [3.8, 4) is 0 Å². The fraction of sp³-hybridized carbons (Fsp3) is 0.429. The lowest BCUT2D eigenvalue weighted by Gasteiger charge is -2.13. The van der Waals surface area contributed by atoms with Crippen LogP contribution in [0.25, 0.3) is 0 Å². The number of nitro groups is 1. The average Bonchev–Trinajstić information content (AvgIpc) is 2.84. The van der Waals surface area contributed by atoms with E-state index in [0.717, 1.165) is 5.56 Å². The highest BCUT2D eigenvalue weighted by molar-refractivity contribution is 5.43. The molecule has 1 heterocycles. The van der Waals surface area contributed by atoms with Crippen molar-refractivity contribution < 1.29 is 9.45 Å². The van der Waals surface area contributed by atoms with E-state index in [4.69, 9.17) is 4.52 Å². The first-order valence-electron chi connectivity index (χ1n) is 6.75. The normalized spacial score (nSPS) is 12.3. The van der Waals surface area contributed by atoms with Crippen LogP contribution in [0, 0.1) is 24.0 Å². The Morgan fingerprint density at radius 1 is 1.43 bits per heavy atom. The first-order valence-corrected chi connectivity index (χ1v) is 6.75. The molecule has 1 atom stereocenters. The van der Waals surface area contributed by atoms with Crippen LogP contribution in [-0.4, -0.2) is 21.6 Å². The maximum atomic E-state index is 11.0. The van der Waals surface area contributed by atoms with Gasteiger partial charge in [-0.15, -0.1) is 0 Å². The van der Waals surface area contributed by atoms with Crippen LogP contribution in [-0.2, 0) is 6.42 Å². The lowest BCUT2D eigenvalue weighted by molar-refractivity contribution is -0.385. The standard InChI is InChI=1S/C14H18N4O3/c1-9-4-5-12(8-13(9)18(19)20)10(2)15-7-6-14-16-11(3)17-21-14/h4-5,8,10,15H,6-7H2,1-3H3. The molecule has 7 heteroatoms. The van der Waals surface area contributed by atoms with Crippen molar-refractivity contribution in [3.05, 3.63) is 51.2 Å². The Morgan fingerprint density at radius 3 is 2.81 bits per heavy atom. The Morgan fingerprint density at radius 2 is 2.19 bits per heavy atom. The third-order valence-corrected chi connectivity index (χ3v) is 3.29. The van der Waals surface area contributed by atoms with Crippen LogP contribution in [0.5, 0.6) is 0 Å². The maximum absolute atomic E-state index is 11.0. The van der Waals surface area contributed by atoms with Crippen LogP contribution in [0.15, 0.2) is 22.7 Å². The van der Waals surface area contributed by atoms with Gasteiger partial charge in [0.05, 0.1) is 4.92 Å². The molecule has 0 aliphatic heterocycles. The molecule has 0 fully saturated rings. The number of hydrogen-bond acceptors (Lipinski definition) is 6. The second-order valence-corrected chi connectivity index (χ2v) is 4.96. The summed E-state index contributed by atoms with van der Waals surface area (Å²) in [6.45, 7) is 6.13. The van der Waals surface area contributed by atoms with Crippen molar-refractivity contribution in [2.45, 2.75) is 33.2 Å². The average molecular weight is 290 g/mol. The van der Waals surface area contributed by atoms with Crippen LogP contribution < -0.4 is 5.32 Å². The molecule has 0 radical (unpaired) electrons. The van der Waals surface area contributed by atoms with Crippen LogP contribution in [0.3, 0.4) is 0 Å². The highest BCUT2D eigenvalue weighted by Crippen LogP contribution is 2.23. The zero-order valence-electron chi connectivity index (χ0n) is 12.3. The van der Waals surface area contributed by atoms with E-state index in [1.54, 1.807) is 26.0 Å². The van der Waals surface area contributed by atoms with Gasteiger partial charge in [0, 0.05) is 30.6 Å². The van der Waals surface area contributed by atoms with Crippen LogP contribution in [0.1, 0.15) is 35.8 Å². The molecule has 1 N–H and O–H groups in total. The molecule has 1 unspecified atom stereocenters. The van der Waals surface area contributed by atoms with Crippen LogP contribution >= 0.6 is 0 Å². The van der Waals surface area contributed by atoms with Gasteiger partial charge >= 0.3 is 0 Å². The van der Waals surface area contributed by atoms with Crippen molar-refractivity contribution in [2.75, 3.05) is 6.54 Å². The number of nitrogens with zero attached hydrogens (tertiary/aromatic N) is 3. The molecule has 1 aromatic carbocycles. The summed E-state index contributed by atoms with van der Waals surface area (Å²) in [4.78, 5) is 14.7. The summed E-state index contributed by atoms with van der Waals surface area (Å²) in [5, 5.41) is 18.0. The number of aromatic nitrogens is 2. The van der Waals surface area contributed by atoms with Gasteiger partial charge in [0.15, 0.2) is 5.82 Å². The first-order chi connectivity index (χ1) is 9.97. The number of aryl methyl sites for hydroxylation is 2. The largest absolute Gasteiger partial charge is 0.339 e. The highest BCUT2D eigenvalue weighted by atomic mass is 16.6. The van der Waals surface area contributed by atoms with Gasteiger partial charge in [-0.25, -0.2) is 0 Å². The highest BCUT2D eigenvalue weighted by Gasteiger charge is 2.14. The van der Waals surface area contributed by atoms with Crippen molar-refractivity contribution in [1.82, 2.24) is 15.5 Å². The molecule has 2 rings (SSSR count). The Kier molecular flexibility index (Phi) is 4.64. The molecule has 1 aromatic heterocycles. The molecule has 0 spiro atoms. The monoisotopic (exact) mass is 290 g/mol. The Bertz CT molecular complexity index is 639. The predicted octanol–water partition coefficient (Wildman–Crippen LogP) is 2.49. The summed E-state index contributed by atoms with van der Waals surface area (Å²) in [6, 6.07) is 5.29. The summed E-state index contributed by atoms with van der Waals surface area (Å²) in [5.41, 5.74) is 1.69. The van der Waals surface area contributed by atoms with Gasteiger partial charge < -0.3 is 9.84 Å². The van der Waals surface area contributed by atoms with E-state index < -0.39 is 0 Å². The minimum absolute atomic E-state index is 0.00770. The Labute approximate surface area is 122 Å². The molecular formula is C14H18N4O3. The summed E-state index contributed by atoms with van der Waals surface area (Å²) in [6.07, 6.45) is 0.624. The van der Waals surface area contributed by atoms with Crippen molar-refractivity contribution in [2.24, 2.45) is 0 Å². The lowest BCUT2D eigenvalue weighted by Crippen LogP contribution is -2.21. The van der Waals surface area contributed by atoms with E-state index in [-0.39, 0.29) is 16.7 Å². The van der Waals surface area contributed by atoms with Gasteiger partial charge in [-0.05, 0) is 26.3 Å². The van der Waals surface area contributed by atoms with Gasteiger partial charge in [0.25, 0.3) is 5.69 Å². The third-order valence-electron chi connectivity index (χ3n) is 3.29. The van der Waals surface area contributed by atoms with Crippen molar-refractivity contribution >= 4 is 5.69 Å². The number of benzene rings is 1. The van der Waals surface area contributed by atoms with Crippen molar-refractivity contribution in [3.63, 3.8) is 0 Å². The smallest absolute Gasteiger partial charge is 0.272 e. The number of nitrogens with one attached hydrogen (secondary N) is 1. The Balaban J connectivity index is 1.95. The fourth-order valence-corrected chi connectivity index (χ4v) is 2.05. The summed E-state index contributed by atoms with van der Waals surface area (Å²) >= 11 is 0. The third kappa shape index (κ3) is 3.85. The fourth-order valence-electron chi connectivity index (χ4n) is 2.05. The molecular weight excluding hydrogens is 272 g/mol. The molecule has 0 aliphatic carbocycles. The molecule has 0 aliphatic rings. The molecule has 21 heavy (non-hydrogen) atoms. The molecule has 0 bridgehead atoms. The molecule has 0 saturated carbocycles. The molecule has 0 amide bonds. The van der Waals surface area contributed by atoms with E-state index in [2.05, 4.69) is 15.5 Å². The maximum Gasteiger partial charge on any atom is 0.272 e. The summed E-state index contributed by atoms with van der Waals surface area (Å²) in [5.74, 6) is 1.20. The van der Waals surface area contributed by atoms with Crippen LogP contribution in [0.2, 0.25) is 0 Å². The SMILES string of the molecule is Cc1noc(CCNC(C)c2ccc(C)c([N+](=O)[O-])c2)n1. The Hall–Kier alpha value is -2.28. The topological polar surface area (TPSA) is 94.1 Å². The quantitative estimate of drug-likeness (QED) is 0.648. The summed E-state index contributed by atoms with van der Waals surface area (Å²) in [7, 11) is 0. The van der Waals surface area contributed by atoms with E-state index in [1.807, 2.05) is 13.0 Å². The summed E-state index contributed by atoms with van der Waals surface area (Å²) < 4.78 is 5.03.